The van der Waals surface area contributed by atoms with E-state index in [1.54, 1.807) is 0 Å². The molecule has 0 aliphatic heterocycles. The zero-order valence-corrected chi connectivity index (χ0v) is 32.9. The SMILES string of the molecule is CC/C=C\C/C=C\C/C=C\C/C=C\CCC(CCCCCCCC(=O)O)OC(=O)CCCCCCCCCCC/C=C\CCCCCCCC. The van der Waals surface area contributed by atoms with Crippen molar-refractivity contribution in [3.05, 3.63) is 60.8 Å². The van der Waals surface area contributed by atoms with E-state index in [9.17, 15) is 9.59 Å². The number of esters is 1. The number of carbonyl (C=O) groups excluding carboxylic acids is 1. The fraction of sp³-hybridized carbons (Fsp3) is 0.739. The third kappa shape index (κ3) is 40.1. The molecule has 0 aliphatic rings. The number of ether oxygens (including phenoxy) is 1. The minimum Gasteiger partial charge on any atom is -0.481 e. The number of hydrogen-bond acceptors (Lipinski definition) is 3. The monoisotopic (exact) mass is 697 g/mol. The van der Waals surface area contributed by atoms with Crippen molar-refractivity contribution in [3.63, 3.8) is 0 Å². The minimum absolute atomic E-state index is 0.0237. The second-order valence-corrected chi connectivity index (χ2v) is 14.1. The Balaban J connectivity index is 4.08. The van der Waals surface area contributed by atoms with Crippen molar-refractivity contribution in [2.75, 3.05) is 0 Å². The van der Waals surface area contributed by atoms with Gasteiger partial charge in [0.1, 0.15) is 6.10 Å². The van der Waals surface area contributed by atoms with Crippen LogP contribution in [-0.2, 0) is 14.3 Å². The molecule has 0 saturated heterocycles. The Morgan fingerprint density at radius 2 is 0.880 bits per heavy atom. The van der Waals surface area contributed by atoms with Gasteiger partial charge in [-0.15, -0.1) is 0 Å². The first-order valence-corrected chi connectivity index (χ1v) is 21.3. The lowest BCUT2D eigenvalue weighted by Crippen LogP contribution is -2.18. The van der Waals surface area contributed by atoms with Crippen molar-refractivity contribution in [1.29, 1.82) is 0 Å². The van der Waals surface area contributed by atoms with Crippen molar-refractivity contribution in [1.82, 2.24) is 0 Å². The molecule has 0 bridgehead atoms. The highest BCUT2D eigenvalue weighted by molar-refractivity contribution is 5.69. The summed E-state index contributed by atoms with van der Waals surface area (Å²) in [6.45, 7) is 4.43. The molecule has 0 radical (unpaired) electrons. The molecule has 0 amide bonds. The summed E-state index contributed by atoms with van der Waals surface area (Å²) in [4.78, 5) is 23.4. The summed E-state index contributed by atoms with van der Waals surface area (Å²) in [6.07, 6.45) is 56.8. The molecule has 1 atom stereocenters. The Morgan fingerprint density at radius 1 is 0.460 bits per heavy atom. The number of unbranched alkanes of at least 4 members (excludes halogenated alkanes) is 19. The molecule has 0 spiro atoms. The molecule has 0 aromatic carbocycles. The normalized spacial score (nSPS) is 12.8. The van der Waals surface area contributed by atoms with Gasteiger partial charge in [0.05, 0.1) is 0 Å². The molecular formula is C46H80O4. The zero-order valence-electron chi connectivity index (χ0n) is 32.9. The smallest absolute Gasteiger partial charge is 0.306 e. The van der Waals surface area contributed by atoms with Gasteiger partial charge in [0, 0.05) is 12.8 Å². The number of hydrogen-bond donors (Lipinski definition) is 1. The number of carboxylic acid groups (broad SMARTS) is 1. The molecule has 0 aromatic heterocycles. The predicted octanol–water partition coefficient (Wildman–Crippen LogP) is 14.9. The highest BCUT2D eigenvalue weighted by Gasteiger charge is 2.13. The molecule has 4 nitrogen and oxygen atoms in total. The van der Waals surface area contributed by atoms with Crippen LogP contribution in [0.25, 0.3) is 0 Å². The molecule has 0 aliphatic carbocycles. The van der Waals surface area contributed by atoms with E-state index in [-0.39, 0.29) is 18.5 Å². The first-order valence-electron chi connectivity index (χ1n) is 21.3. The first kappa shape index (κ1) is 47.6. The van der Waals surface area contributed by atoms with Crippen LogP contribution in [0.1, 0.15) is 213 Å². The molecule has 4 heteroatoms. The lowest BCUT2D eigenvalue weighted by molar-refractivity contribution is -0.150. The highest BCUT2D eigenvalue weighted by atomic mass is 16.5. The van der Waals surface area contributed by atoms with Crippen LogP contribution in [0, 0.1) is 0 Å². The molecule has 1 N–H and O–H groups in total. The van der Waals surface area contributed by atoms with Gasteiger partial charge in [0.2, 0.25) is 0 Å². The summed E-state index contributed by atoms with van der Waals surface area (Å²) in [7, 11) is 0. The average Bonchev–Trinajstić information content (AvgIpc) is 3.10. The number of carboxylic acids is 1. The molecular weight excluding hydrogens is 617 g/mol. The van der Waals surface area contributed by atoms with Crippen LogP contribution >= 0.6 is 0 Å². The van der Waals surface area contributed by atoms with Crippen molar-refractivity contribution < 1.29 is 19.4 Å². The van der Waals surface area contributed by atoms with Crippen molar-refractivity contribution in [2.45, 2.75) is 219 Å². The van der Waals surface area contributed by atoms with Gasteiger partial charge in [0.25, 0.3) is 0 Å². The molecule has 50 heavy (non-hydrogen) atoms. The zero-order chi connectivity index (χ0) is 36.4. The second kappa shape index (κ2) is 41.1. The van der Waals surface area contributed by atoms with E-state index >= 15 is 0 Å². The van der Waals surface area contributed by atoms with Gasteiger partial charge in [0.15, 0.2) is 0 Å². The van der Waals surface area contributed by atoms with Crippen LogP contribution in [0.2, 0.25) is 0 Å². The van der Waals surface area contributed by atoms with E-state index < -0.39 is 5.97 Å². The largest absolute Gasteiger partial charge is 0.481 e. The standard InChI is InChI=1S/C46H80O4/c1-3-5-7-9-11-13-15-17-18-19-20-21-22-24-26-28-30-35-39-43-46(49)50-44(41-37-33-31-34-38-42-45(47)48)40-36-32-29-27-25-23-16-14-12-10-8-6-4-2/h6,8,12,14,17-18,23,25,29,32,44H,3-5,7,9-11,13,15-16,19-22,24,26-28,30-31,33-43H2,1-2H3,(H,47,48)/b8-6-,14-12-,18-17-,25-23-,32-29-. The van der Waals surface area contributed by atoms with Gasteiger partial charge in [-0.25, -0.2) is 0 Å². The van der Waals surface area contributed by atoms with E-state index in [0.29, 0.717) is 6.42 Å². The summed E-state index contributed by atoms with van der Waals surface area (Å²) >= 11 is 0. The minimum atomic E-state index is -0.712. The predicted molar refractivity (Wildman–Crippen MR) is 218 cm³/mol. The summed E-state index contributed by atoms with van der Waals surface area (Å²) < 4.78 is 5.97. The Bertz CT molecular complexity index is 881. The Kier molecular flexibility index (Phi) is 39.1. The van der Waals surface area contributed by atoms with Gasteiger partial charge in [-0.1, -0.05) is 171 Å². The maximum atomic E-state index is 12.7. The van der Waals surface area contributed by atoms with Crippen LogP contribution in [0.15, 0.2) is 60.8 Å². The Morgan fingerprint density at radius 3 is 1.40 bits per heavy atom. The van der Waals surface area contributed by atoms with Gasteiger partial charge < -0.3 is 9.84 Å². The molecule has 0 aromatic rings. The summed E-state index contributed by atoms with van der Waals surface area (Å²) in [6, 6.07) is 0. The van der Waals surface area contributed by atoms with Crippen molar-refractivity contribution in [3.8, 4) is 0 Å². The number of rotatable bonds is 38. The van der Waals surface area contributed by atoms with Crippen LogP contribution in [0.5, 0.6) is 0 Å². The first-order chi connectivity index (χ1) is 24.6. The van der Waals surface area contributed by atoms with E-state index in [1.165, 1.54) is 96.3 Å². The van der Waals surface area contributed by atoms with Gasteiger partial charge >= 0.3 is 11.9 Å². The van der Waals surface area contributed by atoms with Gasteiger partial charge in [-0.2, -0.15) is 0 Å². The Hall–Kier alpha value is -2.36. The summed E-state index contributed by atoms with van der Waals surface area (Å²) in [5.74, 6) is -0.751. The van der Waals surface area contributed by atoms with Crippen LogP contribution in [-0.4, -0.2) is 23.1 Å². The topological polar surface area (TPSA) is 63.6 Å². The van der Waals surface area contributed by atoms with E-state index in [4.69, 9.17) is 9.84 Å². The number of carbonyl (C=O) groups is 2. The quantitative estimate of drug-likeness (QED) is 0.0396. The molecule has 0 heterocycles. The summed E-state index contributed by atoms with van der Waals surface area (Å²) in [5, 5.41) is 8.83. The fourth-order valence-corrected chi connectivity index (χ4v) is 6.11. The molecule has 288 valence electrons. The highest BCUT2D eigenvalue weighted by Crippen LogP contribution is 2.17. The van der Waals surface area contributed by atoms with Crippen LogP contribution in [0.3, 0.4) is 0 Å². The number of aliphatic carboxylic acids is 1. The Labute approximate surface area is 310 Å². The van der Waals surface area contributed by atoms with Crippen molar-refractivity contribution in [2.24, 2.45) is 0 Å². The van der Waals surface area contributed by atoms with Crippen LogP contribution in [0.4, 0.5) is 0 Å². The lowest BCUT2D eigenvalue weighted by Gasteiger charge is -2.17. The van der Waals surface area contributed by atoms with Gasteiger partial charge in [-0.3, -0.25) is 9.59 Å². The lowest BCUT2D eigenvalue weighted by atomic mass is 10.0. The average molecular weight is 697 g/mol. The maximum absolute atomic E-state index is 12.7. The summed E-state index contributed by atoms with van der Waals surface area (Å²) in [5.41, 5.74) is 0. The maximum Gasteiger partial charge on any atom is 0.306 e. The third-order valence-electron chi connectivity index (χ3n) is 9.23. The second-order valence-electron chi connectivity index (χ2n) is 14.1. The van der Waals surface area contributed by atoms with Gasteiger partial charge in [-0.05, 0) is 89.9 Å². The van der Waals surface area contributed by atoms with Crippen LogP contribution < -0.4 is 0 Å². The molecule has 0 saturated carbocycles. The van der Waals surface area contributed by atoms with Crippen molar-refractivity contribution >= 4 is 11.9 Å². The molecule has 0 fully saturated rings. The molecule has 0 rings (SSSR count). The van der Waals surface area contributed by atoms with E-state index in [1.807, 2.05) is 0 Å². The van der Waals surface area contributed by atoms with E-state index in [2.05, 4.69) is 74.6 Å². The fourth-order valence-electron chi connectivity index (χ4n) is 6.11. The number of allylic oxidation sites excluding steroid dienone is 10. The third-order valence-corrected chi connectivity index (χ3v) is 9.23. The molecule has 1 unspecified atom stereocenters. The van der Waals surface area contributed by atoms with E-state index in [0.717, 1.165) is 89.9 Å².